The van der Waals surface area contributed by atoms with E-state index in [4.69, 9.17) is 0 Å². The Morgan fingerprint density at radius 1 is 1.56 bits per heavy atom. The fourth-order valence-corrected chi connectivity index (χ4v) is 3.67. The van der Waals surface area contributed by atoms with Crippen LogP contribution in [0.5, 0.6) is 0 Å². The molecule has 0 radical (unpaired) electrons. The minimum absolute atomic E-state index is 0.256. The molecule has 0 bridgehead atoms. The molecular weight excluding hydrogens is 289 g/mol. The zero-order valence-corrected chi connectivity index (χ0v) is 11.1. The standard InChI is InChI=1S/C12H11BrFNS/c13-10-6-9(2-3-11(10)14)7-12(8-15)4-1-5-16-12/h2-3,6H,1,4-5,7H2. The van der Waals surface area contributed by atoms with Gasteiger partial charge in [-0.2, -0.15) is 5.26 Å². The van der Waals surface area contributed by atoms with Crippen LogP contribution in [-0.4, -0.2) is 10.5 Å². The highest BCUT2D eigenvalue weighted by molar-refractivity contribution is 9.10. The van der Waals surface area contributed by atoms with Crippen LogP contribution in [0.1, 0.15) is 18.4 Å². The smallest absolute Gasteiger partial charge is 0.137 e. The Kier molecular flexibility index (Phi) is 3.56. The van der Waals surface area contributed by atoms with Crippen molar-refractivity contribution in [3.63, 3.8) is 0 Å². The maximum Gasteiger partial charge on any atom is 0.137 e. The largest absolute Gasteiger partial charge is 0.206 e. The molecule has 0 N–H and O–H groups in total. The van der Waals surface area contributed by atoms with E-state index in [-0.39, 0.29) is 10.6 Å². The second-order valence-corrected chi connectivity index (χ2v) is 6.32. The van der Waals surface area contributed by atoms with E-state index in [1.54, 1.807) is 23.9 Å². The van der Waals surface area contributed by atoms with Crippen LogP contribution in [0.15, 0.2) is 22.7 Å². The number of halogens is 2. The van der Waals surface area contributed by atoms with E-state index in [0.717, 1.165) is 24.2 Å². The number of thioether (sulfide) groups is 1. The van der Waals surface area contributed by atoms with E-state index in [0.29, 0.717) is 10.9 Å². The molecule has 1 heterocycles. The normalized spacial score (nSPS) is 24.3. The summed E-state index contributed by atoms with van der Waals surface area (Å²) < 4.78 is 13.3. The first-order chi connectivity index (χ1) is 7.65. The molecule has 1 aromatic rings. The molecule has 0 saturated carbocycles. The summed E-state index contributed by atoms with van der Waals surface area (Å²) in [5.74, 6) is 0.796. The Balaban J connectivity index is 2.20. The second-order valence-electron chi connectivity index (χ2n) is 3.98. The third-order valence-electron chi connectivity index (χ3n) is 2.78. The van der Waals surface area contributed by atoms with Gasteiger partial charge in [0.1, 0.15) is 10.6 Å². The summed E-state index contributed by atoms with van der Waals surface area (Å²) in [6.07, 6.45) is 2.73. The van der Waals surface area contributed by atoms with Gasteiger partial charge in [0, 0.05) is 6.42 Å². The number of hydrogen-bond acceptors (Lipinski definition) is 2. The van der Waals surface area contributed by atoms with Crippen LogP contribution >= 0.6 is 27.7 Å². The molecule has 1 fully saturated rings. The summed E-state index contributed by atoms with van der Waals surface area (Å²) in [6.45, 7) is 0. The molecule has 2 rings (SSSR count). The molecule has 0 spiro atoms. The van der Waals surface area contributed by atoms with Gasteiger partial charge >= 0.3 is 0 Å². The zero-order valence-electron chi connectivity index (χ0n) is 8.67. The topological polar surface area (TPSA) is 23.8 Å². The SMILES string of the molecule is N#CC1(Cc2ccc(F)c(Br)c2)CCCS1. The molecule has 0 aromatic heterocycles. The fraction of sp³-hybridized carbons (Fsp3) is 0.417. The van der Waals surface area contributed by atoms with Gasteiger partial charge in [0.05, 0.1) is 10.5 Å². The Labute approximate surface area is 107 Å². The van der Waals surface area contributed by atoms with E-state index in [1.165, 1.54) is 6.07 Å². The number of benzene rings is 1. The lowest BCUT2D eigenvalue weighted by molar-refractivity contribution is 0.617. The number of nitrogens with zero attached hydrogens (tertiary/aromatic N) is 1. The first-order valence-electron chi connectivity index (χ1n) is 5.14. The van der Waals surface area contributed by atoms with Crippen molar-refractivity contribution < 1.29 is 4.39 Å². The van der Waals surface area contributed by atoms with Crippen molar-refractivity contribution >= 4 is 27.7 Å². The molecule has 16 heavy (non-hydrogen) atoms. The van der Waals surface area contributed by atoms with Crippen molar-refractivity contribution in [2.24, 2.45) is 0 Å². The third-order valence-corrected chi connectivity index (χ3v) is 4.87. The molecule has 84 valence electrons. The van der Waals surface area contributed by atoms with Crippen molar-refractivity contribution in [1.29, 1.82) is 5.26 Å². The van der Waals surface area contributed by atoms with Gasteiger partial charge < -0.3 is 0 Å². The summed E-state index contributed by atoms with van der Waals surface area (Å²) in [7, 11) is 0. The van der Waals surface area contributed by atoms with Crippen LogP contribution in [0, 0.1) is 17.1 Å². The maximum atomic E-state index is 13.1. The van der Waals surface area contributed by atoms with E-state index >= 15 is 0 Å². The molecule has 1 aliphatic heterocycles. The number of rotatable bonds is 2. The van der Waals surface area contributed by atoms with Crippen molar-refractivity contribution in [2.45, 2.75) is 24.0 Å². The van der Waals surface area contributed by atoms with Gasteiger partial charge in [-0.25, -0.2) is 4.39 Å². The summed E-state index contributed by atoms with van der Waals surface area (Å²) in [5.41, 5.74) is 1.02. The van der Waals surface area contributed by atoms with Gasteiger partial charge in [-0.3, -0.25) is 0 Å². The van der Waals surface area contributed by atoms with Crippen LogP contribution in [0.4, 0.5) is 4.39 Å². The Morgan fingerprint density at radius 2 is 2.38 bits per heavy atom. The summed E-state index contributed by atoms with van der Waals surface area (Å²) in [4.78, 5) is 0. The molecule has 1 nitrogen and oxygen atoms in total. The molecule has 1 aromatic carbocycles. The molecule has 1 atom stereocenters. The van der Waals surface area contributed by atoms with Crippen molar-refractivity contribution in [3.05, 3.63) is 34.1 Å². The van der Waals surface area contributed by atoms with Gasteiger partial charge in [0.2, 0.25) is 0 Å². The van der Waals surface area contributed by atoms with Crippen molar-refractivity contribution in [2.75, 3.05) is 5.75 Å². The van der Waals surface area contributed by atoms with Crippen LogP contribution in [0.3, 0.4) is 0 Å². The van der Waals surface area contributed by atoms with Gasteiger partial charge in [-0.05, 0) is 52.2 Å². The predicted octanol–water partition coefficient (Wildman–Crippen LogP) is 3.92. The zero-order chi connectivity index (χ0) is 11.6. The Hall–Kier alpha value is -0.530. The summed E-state index contributed by atoms with van der Waals surface area (Å²) in [5, 5.41) is 9.25. The first kappa shape index (κ1) is 11.9. The summed E-state index contributed by atoms with van der Waals surface area (Å²) >= 11 is 4.89. The van der Waals surface area contributed by atoms with Gasteiger partial charge in [-0.1, -0.05) is 6.07 Å². The van der Waals surface area contributed by atoms with Crippen molar-refractivity contribution in [1.82, 2.24) is 0 Å². The van der Waals surface area contributed by atoms with Gasteiger partial charge in [-0.15, -0.1) is 11.8 Å². The fourth-order valence-electron chi connectivity index (χ4n) is 1.94. The minimum Gasteiger partial charge on any atom is -0.206 e. The van der Waals surface area contributed by atoms with E-state index in [9.17, 15) is 9.65 Å². The third kappa shape index (κ3) is 2.41. The second kappa shape index (κ2) is 4.77. The summed E-state index contributed by atoms with van der Waals surface area (Å²) in [6, 6.07) is 7.40. The minimum atomic E-state index is -0.294. The highest BCUT2D eigenvalue weighted by Gasteiger charge is 2.34. The quantitative estimate of drug-likeness (QED) is 0.826. The lowest BCUT2D eigenvalue weighted by Crippen LogP contribution is -2.21. The molecule has 1 saturated heterocycles. The molecule has 0 amide bonds. The lowest BCUT2D eigenvalue weighted by atomic mass is 9.96. The molecule has 1 aliphatic rings. The Morgan fingerprint density at radius 3 is 2.94 bits per heavy atom. The van der Waals surface area contributed by atoms with Crippen LogP contribution in [-0.2, 0) is 6.42 Å². The first-order valence-corrected chi connectivity index (χ1v) is 6.92. The lowest BCUT2D eigenvalue weighted by Gasteiger charge is -2.19. The van der Waals surface area contributed by atoms with Crippen LogP contribution in [0.2, 0.25) is 0 Å². The van der Waals surface area contributed by atoms with Gasteiger partial charge in [0.15, 0.2) is 0 Å². The number of hydrogen-bond donors (Lipinski definition) is 0. The van der Waals surface area contributed by atoms with E-state index in [1.807, 2.05) is 0 Å². The molecule has 1 unspecified atom stereocenters. The highest BCUT2D eigenvalue weighted by atomic mass is 79.9. The average molecular weight is 300 g/mol. The average Bonchev–Trinajstić information content (AvgIpc) is 2.73. The maximum absolute atomic E-state index is 13.1. The van der Waals surface area contributed by atoms with E-state index < -0.39 is 0 Å². The monoisotopic (exact) mass is 299 g/mol. The Bertz CT molecular complexity index is 435. The van der Waals surface area contributed by atoms with Crippen molar-refractivity contribution in [3.8, 4) is 6.07 Å². The van der Waals surface area contributed by atoms with E-state index in [2.05, 4.69) is 22.0 Å². The van der Waals surface area contributed by atoms with Crippen LogP contribution < -0.4 is 0 Å². The molecule has 4 heteroatoms. The predicted molar refractivity (Wildman–Crippen MR) is 67.8 cm³/mol. The van der Waals surface area contributed by atoms with Gasteiger partial charge in [0.25, 0.3) is 0 Å². The molecular formula is C12H11BrFNS. The van der Waals surface area contributed by atoms with Crippen LogP contribution in [0.25, 0.3) is 0 Å². The molecule has 0 aliphatic carbocycles. The highest BCUT2D eigenvalue weighted by Crippen LogP contribution is 2.40. The number of nitriles is 1.